The van der Waals surface area contributed by atoms with Gasteiger partial charge in [0.15, 0.2) is 0 Å². The van der Waals surface area contributed by atoms with Crippen LogP contribution in [0.4, 0.5) is 4.79 Å². The number of ether oxygens (including phenoxy) is 4. The highest BCUT2D eigenvalue weighted by Crippen LogP contribution is 2.22. The SMILES string of the molecule is COc1ccc(COC(=O)CC[C@@H](NC(=O)OC(C)(C)C)C(=O)OC2CCCC2)cc1. The fourth-order valence-electron chi connectivity index (χ4n) is 3.17. The molecule has 0 aromatic heterocycles. The monoisotopic (exact) mass is 435 g/mol. The Bertz CT molecular complexity index is 733. The van der Waals surface area contributed by atoms with E-state index in [1.807, 2.05) is 0 Å². The minimum absolute atomic E-state index is 0.0453. The molecule has 1 aromatic rings. The number of hydrogen-bond donors (Lipinski definition) is 1. The first kappa shape index (κ1) is 24.5. The Morgan fingerprint density at radius 3 is 2.32 bits per heavy atom. The first-order valence-corrected chi connectivity index (χ1v) is 10.6. The van der Waals surface area contributed by atoms with Crippen molar-refractivity contribution in [2.45, 2.75) is 83.6 Å². The van der Waals surface area contributed by atoms with Gasteiger partial charge in [-0.1, -0.05) is 12.1 Å². The number of methoxy groups -OCH3 is 1. The highest BCUT2D eigenvalue weighted by atomic mass is 16.6. The van der Waals surface area contributed by atoms with Gasteiger partial charge in [-0.15, -0.1) is 0 Å². The molecule has 0 bridgehead atoms. The maximum atomic E-state index is 12.6. The molecule has 0 radical (unpaired) electrons. The molecule has 0 unspecified atom stereocenters. The normalized spacial score (nSPS) is 15.1. The molecule has 0 spiro atoms. The van der Waals surface area contributed by atoms with Crippen LogP contribution in [0, 0.1) is 0 Å². The molecule has 2 rings (SSSR count). The van der Waals surface area contributed by atoms with Crippen LogP contribution in [0.1, 0.15) is 64.9 Å². The molecular weight excluding hydrogens is 402 g/mol. The summed E-state index contributed by atoms with van der Waals surface area (Å²) >= 11 is 0. The lowest BCUT2D eigenvalue weighted by Crippen LogP contribution is -2.45. The molecule has 31 heavy (non-hydrogen) atoms. The van der Waals surface area contributed by atoms with Crippen LogP contribution in [-0.4, -0.2) is 42.9 Å². The summed E-state index contributed by atoms with van der Waals surface area (Å²) in [5.41, 5.74) is 0.111. The van der Waals surface area contributed by atoms with Crippen molar-refractivity contribution in [2.24, 2.45) is 0 Å². The quantitative estimate of drug-likeness (QED) is 0.464. The van der Waals surface area contributed by atoms with Crippen LogP contribution in [0.15, 0.2) is 24.3 Å². The van der Waals surface area contributed by atoms with Gasteiger partial charge in [0.2, 0.25) is 0 Å². The van der Waals surface area contributed by atoms with Crippen molar-refractivity contribution in [3.8, 4) is 5.75 Å². The zero-order chi connectivity index (χ0) is 22.9. The number of benzene rings is 1. The maximum Gasteiger partial charge on any atom is 0.408 e. The van der Waals surface area contributed by atoms with Crippen molar-refractivity contribution >= 4 is 18.0 Å². The van der Waals surface area contributed by atoms with Gasteiger partial charge >= 0.3 is 18.0 Å². The Balaban J connectivity index is 1.87. The lowest BCUT2D eigenvalue weighted by Gasteiger charge is -2.23. The lowest BCUT2D eigenvalue weighted by molar-refractivity contribution is -0.152. The summed E-state index contributed by atoms with van der Waals surface area (Å²) in [5, 5.41) is 2.53. The number of hydrogen-bond acceptors (Lipinski definition) is 7. The Morgan fingerprint density at radius 1 is 1.10 bits per heavy atom. The summed E-state index contributed by atoms with van der Waals surface area (Å²) < 4.78 is 21.1. The standard InChI is InChI=1S/C23H33NO7/c1-23(2,3)31-22(27)24-19(21(26)30-18-7-5-6-8-18)13-14-20(25)29-15-16-9-11-17(28-4)12-10-16/h9-12,18-19H,5-8,13-15H2,1-4H3,(H,24,27)/t19-/m1/s1. The third kappa shape index (κ3) is 9.27. The van der Waals surface area contributed by atoms with Crippen LogP contribution in [0.25, 0.3) is 0 Å². The second kappa shape index (κ2) is 11.6. The third-order valence-electron chi connectivity index (χ3n) is 4.76. The van der Waals surface area contributed by atoms with E-state index < -0.39 is 29.7 Å². The lowest BCUT2D eigenvalue weighted by atomic mass is 10.1. The molecule has 0 saturated heterocycles. The zero-order valence-electron chi connectivity index (χ0n) is 18.8. The minimum Gasteiger partial charge on any atom is -0.497 e. The number of nitrogens with one attached hydrogen (secondary N) is 1. The molecule has 1 aliphatic rings. The first-order chi connectivity index (χ1) is 14.7. The van der Waals surface area contributed by atoms with Gasteiger partial charge in [-0.3, -0.25) is 4.79 Å². The summed E-state index contributed by atoms with van der Waals surface area (Å²) in [4.78, 5) is 36.9. The Labute approximate surface area is 183 Å². The fourth-order valence-corrected chi connectivity index (χ4v) is 3.17. The summed E-state index contributed by atoms with van der Waals surface area (Å²) in [6, 6.07) is 6.19. The summed E-state index contributed by atoms with van der Waals surface area (Å²) in [6.07, 6.45) is 2.80. The number of carbonyl (C=O) groups is 3. The fraction of sp³-hybridized carbons (Fsp3) is 0.609. The summed E-state index contributed by atoms with van der Waals surface area (Å²) in [7, 11) is 1.58. The van der Waals surface area contributed by atoms with E-state index in [1.54, 1.807) is 52.1 Å². The van der Waals surface area contributed by atoms with E-state index in [0.717, 1.165) is 31.2 Å². The van der Waals surface area contributed by atoms with Crippen molar-refractivity contribution in [1.82, 2.24) is 5.32 Å². The highest BCUT2D eigenvalue weighted by Gasteiger charge is 2.29. The van der Waals surface area contributed by atoms with E-state index in [1.165, 1.54) is 0 Å². The van der Waals surface area contributed by atoms with Crippen molar-refractivity contribution in [3.63, 3.8) is 0 Å². The molecule has 8 heteroatoms. The van der Waals surface area contributed by atoms with Gasteiger partial charge in [-0.05, 0) is 70.6 Å². The number of amides is 1. The van der Waals surface area contributed by atoms with Crippen molar-refractivity contribution in [3.05, 3.63) is 29.8 Å². The van der Waals surface area contributed by atoms with E-state index in [0.29, 0.717) is 5.75 Å². The van der Waals surface area contributed by atoms with Crippen LogP contribution in [0.5, 0.6) is 5.75 Å². The van der Waals surface area contributed by atoms with E-state index in [4.69, 9.17) is 18.9 Å². The average molecular weight is 436 g/mol. The molecule has 0 heterocycles. The van der Waals surface area contributed by atoms with Gasteiger partial charge in [0, 0.05) is 6.42 Å². The van der Waals surface area contributed by atoms with Gasteiger partial charge in [0.25, 0.3) is 0 Å². The van der Waals surface area contributed by atoms with Gasteiger partial charge in [-0.2, -0.15) is 0 Å². The largest absolute Gasteiger partial charge is 0.497 e. The minimum atomic E-state index is -0.982. The predicted molar refractivity (Wildman–Crippen MR) is 114 cm³/mol. The van der Waals surface area contributed by atoms with E-state index in [-0.39, 0.29) is 25.6 Å². The third-order valence-corrected chi connectivity index (χ3v) is 4.76. The van der Waals surface area contributed by atoms with E-state index in [2.05, 4.69) is 5.32 Å². The van der Waals surface area contributed by atoms with Gasteiger partial charge in [0.05, 0.1) is 7.11 Å². The Hall–Kier alpha value is -2.77. The number of esters is 2. The number of carbonyl (C=O) groups excluding carboxylic acids is 3. The topological polar surface area (TPSA) is 100 Å². The summed E-state index contributed by atoms with van der Waals surface area (Å²) in [6.45, 7) is 5.30. The smallest absolute Gasteiger partial charge is 0.408 e. The van der Waals surface area contributed by atoms with Crippen LogP contribution >= 0.6 is 0 Å². The highest BCUT2D eigenvalue weighted by molar-refractivity contribution is 5.82. The molecule has 1 aliphatic carbocycles. The Morgan fingerprint density at radius 2 is 1.74 bits per heavy atom. The van der Waals surface area contributed by atoms with Crippen molar-refractivity contribution < 1.29 is 33.3 Å². The number of rotatable bonds is 9. The Kier molecular flexibility index (Phi) is 9.15. The molecule has 1 N–H and O–H groups in total. The molecule has 0 aliphatic heterocycles. The second-order valence-corrected chi connectivity index (χ2v) is 8.59. The van der Waals surface area contributed by atoms with Crippen molar-refractivity contribution in [2.75, 3.05) is 7.11 Å². The summed E-state index contributed by atoms with van der Waals surface area (Å²) in [5.74, 6) is -0.312. The van der Waals surface area contributed by atoms with E-state index >= 15 is 0 Å². The van der Waals surface area contributed by atoms with E-state index in [9.17, 15) is 14.4 Å². The molecule has 1 amide bonds. The van der Waals surface area contributed by atoms with Crippen LogP contribution in [0.2, 0.25) is 0 Å². The second-order valence-electron chi connectivity index (χ2n) is 8.59. The molecule has 8 nitrogen and oxygen atoms in total. The van der Waals surface area contributed by atoms with Crippen LogP contribution in [0.3, 0.4) is 0 Å². The predicted octanol–water partition coefficient (Wildman–Crippen LogP) is 3.90. The van der Waals surface area contributed by atoms with Gasteiger partial charge in [0.1, 0.15) is 30.1 Å². The molecule has 172 valence electrons. The maximum absolute atomic E-state index is 12.6. The molecule has 1 saturated carbocycles. The molecule has 1 atom stereocenters. The number of alkyl carbamates (subject to hydrolysis) is 1. The van der Waals surface area contributed by atoms with Gasteiger partial charge < -0.3 is 24.3 Å². The molecular formula is C23H33NO7. The molecule has 1 aromatic carbocycles. The molecule has 1 fully saturated rings. The zero-order valence-corrected chi connectivity index (χ0v) is 18.8. The first-order valence-electron chi connectivity index (χ1n) is 10.6. The average Bonchev–Trinajstić information content (AvgIpc) is 3.21. The van der Waals surface area contributed by atoms with Crippen LogP contribution < -0.4 is 10.1 Å². The van der Waals surface area contributed by atoms with Crippen molar-refractivity contribution in [1.29, 1.82) is 0 Å². The van der Waals surface area contributed by atoms with Crippen LogP contribution in [-0.2, 0) is 30.4 Å². The van der Waals surface area contributed by atoms with Gasteiger partial charge in [-0.25, -0.2) is 9.59 Å².